The van der Waals surface area contributed by atoms with Crippen LogP contribution in [0.15, 0.2) is 67.1 Å². The molecule has 1 atom stereocenters. The van der Waals surface area contributed by atoms with Crippen LogP contribution in [0.4, 0.5) is 0 Å². The summed E-state index contributed by atoms with van der Waals surface area (Å²) < 4.78 is 0. The molecule has 20 heavy (non-hydrogen) atoms. The van der Waals surface area contributed by atoms with Crippen molar-refractivity contribution in [3.05, 3.63) is 89.5 Å². The van der Waals surface area contributed by atoms with E-state index < -0.39 is 0 Å². The molecule has 3 aromatic rings. The zero-order chi connectivity index (χ0) is 13.8. The van der Waals surface area contributed by atoms with Gasteiger partial charge in [-0.25, -0.2) is 4.98 Å². The number of rotatable bonds is 4. The molecule has 0 fully saturated rings. The van der Waals surface area contributed by atoms with Gasteiger partial charge < -0.3 is 4.98 Å². The number of nitrogens with zero attached hydrogens (tertiary/aromatic N) is 1. The average Bonchev–Trinajstić information content (AvgIpc) is 3.00. The summed E-state index contributed by atoms with van der Waals surface area (Å²) in [6.45, 7) is 2.18. The van der Waals surface area contributed by atoms with E-state index in [0.29, 0.717) is 5.92 Å². The molecule has 0 aliphatic rings. The second-order valence-corrected chi connectivity index (χ2v) is 5.10. The van der Waals surface area contributed by atoms with Gasteiger partial charge in [-0.2, -0.15) is 0 Å². The maximum Gasteiger partial charge on any atom is 0.0921 e. The summed E-state index contributed by atoms with van der Waals surface area (Å²) in [5, 5.41) is 0. The lowest BCUT2D eigenvalue weighted by molar-refractivity contribution is 0.781. The zero-order valence-corrected chi connectivity index (χ0v) is 11.6. The number of nitrogens with one attached hydrogen (secondary N) is 1. The van der Waals surface area contributed by atoms with Gasteiger partial charge in [0.2, 0.25) is 0 Å². The van der Waals surface area contributed by atoms with Crippen molar-refractivity contribution in [2.75, 3.05) is 0 Å². The third kappa shape index (κ3) is 2.64. The molecule has 0 radical (unpaired) electrons. The highest BCUT2D eigenvalue weighted by Gasteiger charge is 2.17. The molecule has 2 heteroatoms. The highest BCUT2D eigenvalue weighted by molar-refractivity contribution is 5.38. The summed E-state index contributed by atoms with van der Waals surface area (Å²) in [7, 11) is 0. The largest absolute Gasteiger partial charge is 0.348 e. The van der Waals surface area contributed by atoms with Crippen LogP contribution in [0.2, 0.25) is 0 Å². The van der Waals surface area contributed by atoms with E-state index in [9.17, 15) is 0 Å². The van der Waals surface area contributed by atoms with Crippen LogP contribution in [0.1, 0.15) is 28.3 Å². The van der Waals surface area contributed by atoms with E-state index >= 15 is 0 Å². The van der Waals surface area contributed by atoms with Gasteiger partial charge in [-0.1, -0.05) is 54.6 Å². The SMILES string of the molecule is Cc1ccccc1C(Cc1cnc[nH]1)c1ccccc1. The second-order valence-electron chi connectivity index (χ2n) is 5.10. The Kier molecular flexibility index (Phi) is 3.64. The third-order valence-corrected chi connectivity index (χ3v) is 3.74. The first-order valence-electron chi connectivity index (χ1n) is 6.92. The molecule has 2 aromatic carbocycles. The predicted molar refractivity (Wildman–Crippen MR) is 81.8 cm³/mol. The Morgan fingerprint density at radius 2 is 1.75 bits per heavy atom. The highest BCUT2D eigenvalue weighted by Crippen LogP contribution is 2.29. The van der Waals surface area contributed by atoms with E-state index in [2.05, 4.69) is 71.5 Å². The van der Waals surface area contributed by atoms with Crippen LogP contribution in [-0.4, -0.2) is 9.97 Å². The molecule has 1 aromatic heterocycles. The minimum atomic E-state index is 0.359. The van der Waals surface area contributed by atoms with Crippen LogP contribution in [0.25, 0.3) is 0 Å². The number of hydrogen-bond acceptors (Lipinski definition) is 1. The van der Waals surface area contributed by atoms with Crippen LogP contribution in [0, 0.1) is 6.92 Å². The number of aromatic nitrogens is 2. The number of hydrogen-bond donors (Lipinski definition) is 1. The van der Waals surface area contributed by atoms with Gasteiger partial charge in [0.1, 0.15) is 0 Å². The molecule has 1 unspecified atom stereocenters. The molecule has 0 saturated heterocycles. The molecule has 1 N–H and O–H groups in total. The van der Waals surface area contributed by atoms with Gasteiger partial charge >= 0.3 is 0 Å². The number of imidazole rings is 1. The van der Waals surface area contributed by atoms with Crippen molar-refractivity contribution >= 4 is 0 Å². The highest BCUT2D eigenvalue weighted by atomic mass is 14.9. The predicted octanol–water partition coefficient (Wildman–Crippen LogP) is 4.09. The van der Waals surface area contributed by atoms with Gasteiger partial charge in [-0.05, 0) is 30.0 Å². The standard InChI is InChI=1S/C18H18N2/c1-14-7-5-6-10-17(14)18(11-16-12-19-13-20-16)15-8-3-2-4-9-15/h2-10,12-13,18H,11H2,1H3,(H,19,20). The fourth-order valence-electron chi connectivity index (χ4n) is 2.69. The summed E-state index contributed by atoms with van der Waals surface area (Å²) in [4.78, 5) is 7.34. The van der Waals surface area contributed by atoms with E-state index in [1.54, 1.807) is 6.33 Å². The number of H-pyrrole nitrogens is 1. The van der Waals surface area contributed by atoms with Crippen molar-refractivity contribution in [3.63, 3.8) is 0 Å². The van der Waals surface area contributed by atoms with Gasteiger partial charge in [0.05, 0.1) is 6.33 Å². The minimum Gasteiger partial charge on any atom is -0.348 e. The summed E-state index contributed by atoms with van der Waals surface area (Å²) >= 11 is 0. The monoisotopic (exact) mass is 262 g/mol. The smallest absolute Gasteiger partial charge is 0.0921 e. The molecule has 1 heterocycles. The van der Waals surface area contributed by atoms with E-state index in [1.165, 1.54) is 22.4 Å². The summed E-state index contributed by atoms with van der Waals surface area (Å²) in [5.74, 6) is 0.359. The van der Waals surface area contributed by atoms with Crippen LogP contribution in [0.3, 0.4) is 0 Å². The van der Waals surface area contributed by atoms with Crippen molar-refractivity contribution in [2.24, 2.45) is 0 Å². The Balaban J connectivity index is 2.02. The van der Waals surface area contributed by atoms with Crippen molar-refractivity contribution in [2.45, 2.75) is 19.3 Å². The molecule has 0 bridgehead atoms. The topological polar surface area (TPSA) is 28.7 Å². The fraction of sp³-hybridized carbons (Fsp3) is 0.167. The van der Waals surface area contributed by atoms with Crippen LogP contribution < -0.4 is 0 Å². The van der Waals surface area contributed by atoms with Gasteiger partial charge in [0.15, 0.2) is 0 Å². The molecular weight excluding hydrogens is 244 g/mol. The van der Waals surface area contributed by atoms with E-state index in [0.717, 1.165) is 6.42 Å². The van der Waals surface area contributed by atoms with Gasteiger partial charge in [-0.3, -0.25) is 0 Å². The molecule has 0 aliphatic heterocycles. The first kappa shape index (κ1) is 12.7. The van der Waals surface area contributed by atoms with Crippen LogP contribution in [-0.2, 0) is 6.42 Å². The van der Waals surface area contributed by atoms with E-state index in [1.807, 2.05) is 6.20 Å². The quantitative estimate of drug-likeness (QED) is 0.753. The van der Waals surface area contributed by atoms with E-state index in [-0.39, 0.29) is 0 Å². The first-order chi connectivity index (χ1) is 9.84. The Labute approximate surface area is 119 Å². The second kappa shape index (κ2) is 5.74. The normalized spacial score (nSPS) is 12.2. The average molecular weight is 262 g/mol. The fourth-order valence-corrected chi connectivity index (χ4v) is 2.69. The number of benzene rings is 2. The molecule has 100 valence electrons. The van der Waals surface area contributed by atoms with E-state index in [4.69, 9.17) is 0 Å². The molecule has 0 aliphatic carbocycles. The first-order valence-corrected chi connectivity index (χ1v) is 6.92. The van der Waals surface area contributed by atoms with Gasteiger partial charge in [0, 0.05) is 17.8 Å². The zero-order valence-electron chi connectivity index (χ0n) is 11.6. The Morgan fingerprint density at radius 3 is 2.45 bits per heavy atom. The summed E-state index contributed by atoms with van der Waals surface area (Å²) in [5.41, 5.74) is 5.23. The lowest BCUT2D eigenvalue weighted by atomic mass is 9.85. The Hall–Kier alpha value is -2.35. The Morgan fingerprint density at radius 1 is 1.00 bits per heavy atom. The lowest BCUT2D eigenvalue weighted by Gasteiger charge is -2.19. The van der Waals surface area contributed by atoms with Crippen LogP contribution in [0.5, 0.6) is 0 Å². The summed E-state index contributed by atoms with van der Waals surface area (Å²) in [6, 6.07) is 19.3. The van der Waals surface area contributed by atoms with Crippen molar-refractivity contribution in [3.8, 4) is 0 Å². The molecular formula is C18H18N2. The van der Waals surface area contributed by atoms with Gasteiger partial charge in [0.25, 0.3) is 0 Å². The number of aryl methyl sites for hydroxylation is 1. The Bertz CT molecular complexity index is 657. The summed E-state index contributed by atoms with van der Waals surface area (Å²) in [6.07, 6.45) is 4.60. The maximum atomic E-state index is 4.13. The molecule has 2 nitrogen and oxygen atoms in total. The van der Waals surface area contributed by atoms with Crippen molar-refractivity contribution in [1.82, 2.24) is 9.97 Å². The third-order valence-electron chi connectivity index (χ3n) is 3.74. The van der Waals surface area contributed by atoms with Crippen molar-refractivity contribution < 1.29 is 0 Å². The molecule has 0 spiro atoms. The van der Waals surface area contributed by atoms with Crippen molar-refractivity contribution in [1.29, 1.82) is 0 Å². The van der Waals surface area contributed by atoms with Crippen LogP contribution >= 0.6 is 0 Å². The van der Waals surface area contributed by atoms with Gasteiger partial charge in [-0.15, -0.1) is 0 Å². The molecule has 0 amide bonds. The maximum absolute atomic E-state index is 4.13. The molecule has 0 saturated carbocycles. The number of aromatic amines is 1. The minimum absolute atomic E-state index is 0.359. The molecule has 3 rings (SSSR count). The lowest BCUT2D eigenvalue weighted by Crippen LogP contribution is -2.07.